The largest absolute Gasteiger partial charge is 0.435 e. The SMILES string of the molecule is FC(F)(F)c1nc2n(c1-c1ccc3cn[nH]c3c1)CCC2. The topological polar surface area (TPSA) is 46.5 Å². The first-order valence-electron chi connectivity index (χ1n) is 6.64. The molecule has 7 heteroatoms. The molecule has 0 saturated carbocycles. The Morgan fingerprint density at radius 2 is 2.10 bits per heavy atom. The summed E-state index contributed by atoms with van der Waals surface area (Å²) in [5, 5.41) is 7.55. The molecule has 108 valence electrons. The fourth-order valence-electron chi connectivity index (χ4n) is 2.90. The first-order chi connectivity index (χ1) is 10.0. The van der Waals surface area contributed by atoms with Crippen molar-refractivity contribution in [3.63, 3.8) is 0 Å². The summed E-state index contributed by atoms with van der Waals surface area (Å²) < 4.78 is 41.4. The maximum absolute atomic E-state index is 13.2. The van der Waals surface area contributed by atoms with Gasteiger partial charge in [0.05, 0.1) is 17.4 Å². The number of nitrogens with zero attached hydrogens (tertiary/aromatic N) is 3. The van der Waals surface area contributed by atoms with E-state index in [2.05, 4.69) is 15.2 Å². The predicted octanol–water partition coefficient (Wildman–Crippen LogP) is 3.39. The molecule has 0 fully saturated rings. The van der Waals surface area contributed by atoms with Gasteiger partial charge < -0.3 is 4.57 Å². The fourth-order valence-corrected chi connectivity index (χ4v) is 2.90. The van der Waals surface area contributed by atoms with Gasteiger partial charge in [0.2, 0.25) is 0 Å². The van der Waals surface area contributed by atoms with E-state index in [0.717, 1.165) is 11.8 Å². The number of aromatic amines is 1. The first-order valence-corrected chi connectivity index (χ1v) is 6.64. The number of hydrogen-bond donors (Lipinski definition) is 1. The van der Waals surface area contributed by atoms with E-state index in [1.54, 1.807) is 29.0 Å². The maximum atomic E-state index is 13.2. The number of fused-ring (bicyclic) bond motifs is 2. The molecule has 0 radical (unpaired) electrons. The second kappa shape index (κ2) is 4.09. The number of alkyl halides is 3. The van der Waals surface area contributed by atoms with Crippen molar-refractivity contribution in [3.8, 4) is 11.3 Å². The van der Waals surface area contributed by atoms with E-state index in [0.29, 0.717) is 29.9 Å². The molecule has 2 aromatic heterocycles. The summed E-state index contributed by atoms with van der Waals surface area (Å²) in [6.07, 6.45) is -1.38. The molecule has 1 aliphatic rings. The molecule has 0 bridgehead atoms. The lowest BCUT2D eigenvalue weighted by Gasteiger charge is -2.10. The van der Waals surface area contributed by atoms with Crippen molar-refractivity contribution in [3.05, 3.63) is 35.9 Å². The van der Waals surface area contributed by atoms with Gasteiger partial charge in [-0.2, -0.15) is 18.3 Å². The standard InChI is InChI=1S/C14H11F3N4/c15-14(16,17)13-12(21-5-1-2-11(21)19-13)8-3-4-9-7-18-20-10(9)6-8/h3-4,6-7H,1-2,5H2,(H,18,20). The van der Waals surface area contributed by atoms with Crippen molar-refractivity contribution in [1.29, 1.82) is 0 Å². The third kappa shape index (κ3) is 1.84. The number of halogens is 3. The zero-order chi connectivity index (χ0) is 14.6. The van der Waals surface area contributed by atoms with E-state index in [-0.39, 0.29) is 5.69 Å². The van der Waals surface area contributed by atoms with Crippen LogP contribution in [0.25, 0.3) is 22.2 Å². The maximum Gasteiger partial charge on any atom is 0.435 e. The van der Waals surface area contributed by atoms with Gasteiger partial charge >= 0.3 is 6.18 Å². The summed E-state index contributed by atoms with van der Waals surface area (Å²) in [6, 6.07) is 5.15. The highest BCUT2D eigenvalue weighted by molar-refractivity contribution is 5.83. The molecule has 0 unspecified atom stereocenters. The summed E-state index contributed by atoms with van der Waals surface area (Å²) >= 11 is 0. The van der Waals surface area contributed by atoms with Gasteiger partial charge in [0.25, 0.3) is 0 Å². The van der Waals surface area contributed by atoms with E-state index in [1.165, 1.54) is 0 Å². The van der Waals surface area contributed by atoms with Crippen molar-refractivity contribution in [2.45, 2.75) is 25.6 Å². The molecule has 3 heterocycles. The Balaban J connectivity index is 1.98. The van der Waals surface area contributed by atoms with Crippen molar-refractivity contribution in [1.82, 2.24) is 19.7 Å². The molecule has 21 heavy (non-hydrogen) atoms. The molecule has 0 spiro atoms. The second-order valence-electron chi connectivity index (χ2n) is 5.15. The van der Waals surface area contributed by atoms with Crippen LogP contribution in [0.3, 0.4) is 0 Å². The molecule has 0 amide bonds. The van der Waals surface area contributed by atoms with Crippen LogP contribution in [0.1, 0.15) is 17.9 Å². The van der Waals surface area contributed by atoms with Crippen LogP contribution in [0.5, 0.6) is 0 Å². The van der Waals surface area contributed by atoms with Crippen LogP contribution in [-0.2, 0) is 19.1 Å². The average Bonchev–Trinajstić information content (AvgIpc) is 3.11. The summed E-state index contributed by atoms with van der Waals surface area (Å²) in [6.45, 7) is 0.578. The third-order valence-electron chi connectivity index (χ3n) is 3.81. The van der Waals surface area contributed by atoms with Gasteiger partial charge in [0, 0.05) is 23.9 Å². The summed E-state index contributed by atoms with van der Waals surface area (Å²) in [7, 11) is 0. The third-order valence-corrected chi connectivity index (χ3v) is 3.81. The molecule has 0 saturated heterocycles. The van der Waals surface area contributed by atoms with Crippen LogP contribution in [0.4, 0.5) is 13.2 Å². The summed E-state index contributed by atoms with van der Waals surface area (Å²) in [5.41, 5.74) is 0.594. The minimum absolute atomic E-state index is 0.159. The average molecular weight is 292 g/mol. The molecular weight excluding hydrogens is 281 g/mol. The Morgan fingerprint density at radius 1 is 1.24 bits per heavy atom. The number of rotatable bonds is 1. The Labute approximate surface area is 117 Å². The first kappa shape index (κ1) is 12.4. The monoisotopic (exact) mass is 292 g/mol. The van der Waals surface area contributed by atoms with E-state index >= 15 is 0 Å². The molecule has 4 nitrogen and oxygen atoms in total. The van der Waals surface area contributed by atoms with Crippen LogP contribution in [0.15, 0.2) is 24.4 Å². The molecule has 1 aromatic carbocycles. The van der Waals surface area contributed by atoms with Crippen molar-refractivity contribution >= 4 is 10.9 Å². The van der Waals surface area contributed by atoms with Crippen LogP contribution in [0, 0.1) is 0 Å². The number of H-pyrrole nitrogens is 1. The Bertz CT molecular complexity index is 828. The Morgan fingerprint density at radius 3 is 2.90 bits per heavy atom. The Kier molecular flexibility index (Phi) is 2.42. The van der Waals surface area contributed by atoms with Crippen molar-refractivity contribution in [2.24, 2.45) is 0 Å². The molecule has 1 N–H and O–H groups in total. The molecule has 0 atom stereocenters. The lowest BCUT2D eigenvalue weighted by atomic mass is 10.1. The number of aryl methyl sites for hydroxylation is 1. The van der Waals surface area contributed by atoms with Crippen LogP contribution in [-0.4, -0.2) is 19.7 Å². The normalized spacial score (nSPS) is 14.8. The summed E-state index contributed by atoms with van der Waals surface area (Å²) in [4.78, 5) is 3.82. The zero-order valence-corrected chi connectivity index (χ0v) is 10.9. The van der Waals surface area contributed by atoms with Crippen LogP contribution >= 0.6 is 0 Å². The molecule has 1 aliphatic heterocycles. The van der Waals surface area contributed by atoms with Gasteiger partial charge in [0.15, 0.2) is 5.69 Å². The van der Waals surface area contributed by atoms with Crippen molar-refractivity contribution in [2.75, 3.05) is 0 Å². The van der Waals surface area contributed by atoms with Gasteiger partial charge in [0.1, 0.15) is 5.82 Å². The van der Waals surface area contributed by atoms with Gasteiger partial charge in [-0.3, -0.25) is 5.10 Å². The smallest absolute Gasteiger partial charge is 0.327 e. The number of nitrogens with one attached hydrogen (secondary N) is 1. The minimum atomic E-state index is -4.45. The number of benzene rings is 1. The highest BCUT2D eigenvalue weighted by atomic mass is 19.4. The minimum Gasteiger partial charge on any atom is -0.327 e. The molecular formula is C14H11F3N4. The molecule has 4 rings (SSSR count). The highest BCUT2D eigenvalue weighted by Gasteiger charge is 2.40. The Hall–Kier alpha value is -2.31. The van der Waals surface area contributed by atoms with Gasteiger partial charge in [-0.25, -0.2) is 4.98 Å². The molecule has 3 aromatic rings. The number of hydrogen-bond acceptors (Lipinski definition) is 2. The van der Waals surface area contributed by atoms with E-state index in [4.69, 9.17) is 0 Å². The van der Waals surface area contributed by atoms with Gasteiger partial charge in [-0.05, 0) is 12.5 Å². The fraction of sp³-hybridized carbons (Fsp3) is 0.286. The lowest BCUT2D eigenvalue weighted by molar-refractivity contribution is -0.140. The number of imidazole rings is 1. The predicted molar refractivity (Wildman–Crippen MR) is 70.6 cm³/mol. The lowest BCUT2D eigenvalue weighted by Crippen LogP contribution is -2.09. The van der Waals surface area contributed by atoms with Crippen molar-refractivity contribution < 1.29 is 13.2 Å². The van der Waals surface area contributed by atoms with E-state index in [9.17, 15) is 13.2 Å². The van der Waals surface area contributed by atoms with E-state index < -0.39 is 11.9 Å². The van der Waals surface area contributed by atoms with Gasteiger partial charge in [-0.15, -0.1) is 0 Å². The highest BCUT2D eigenvalue weighted by Crippen LogP contribution is 2.39. The van der Waals surface area contributed by atoms with Gasteiger partial charge in [-0.1, -0.05) is 12.1 Å². The molecule has 0 aliphatic carbocycles. The zero-order valence-electron chi connectivity index (χ0n) is 10.9. The quantitative estimate of drug-likeness (QED) is 0.747. The van der Waals surface area contributed by atoms with Crippen LogP contribution in [0.2, 0.25) is 0 Å². The van der Waals surface area contributed by atoms with Crippen LogP contribution < -0.4 is 0 Å². The number of aromatic nitrogens is 4. The summed E-state index contributed by atoms with van der Waals surface area (Å²) in [5.74, 6) is 0.516. The second-order valence-corrected chi connectivity index (χ2v) is 5.15. The van der Waals surface area contributed by atoms with E-state index in [1.807, 2.05) is 0 Å².